The van der Waals surface area contributed by atoms with Crippen LogP contribution in [0.15, 0.2) is 91.3 Å². The van der Waals surface area contributed by atoms with Crippen LogP contribution in [-0.2, 0) is 9.59 Å². The summed E-state index contributed by atoms with van der Waals surface area (Å²) in [6.45, 7) is 0.467. The molecule has 4 aliphatic rings. The van der Waals surface area contributed by atoms with Crippen LogP contribution in [0.1, 0.15) is 69.5 Å². The molecule has 0 radical (unpaired) electrons. The SMILES string of the molecule is COc1ccc(C2=CN3C(=O)c4cc(OC)c(OCCCOc5cc6c(cc5OC)C(=O)N5C=C(c7ccc(N)cc7)CC5C(=O)CCC=C6)cc4N(C)C(=O)C3C2)cc1. The number of anilines is 2. The van der Waals surface area contributed by atoms with Crippen LogP contribution in [0.3, 0.4) is 0 Å². The predicted molar refractivity (Wildman–Crippen MR) is 227 cm³/mol. The maximum absolute atomic E-state index is 14.2. The third-order valence-electron chi connectivity index (χ3n) is 11.4. The molecule has 3 amide bonds. The highest BCUT2D eigenvalue weighted by Gasteiger charge is 2.42. The molecule has 0 saturated heterocycles. The number of Topliss-reactive ketones (excluding diaryl/α,β-unsaturated/α-hetero) is 1. The van der Waals surface area contributed by atoms with Gasteiger partial charge in [0, 0.05) is 56.9 Å². The lowest BCUT2D eigenvalue weighted by Crippen LogP contribution is -2.42. The molecule has 0 bridgehead atoms. The first-order valence-electron chi connectivity index (χ1n) is 19.8. The van der Waals surface area contributed by atoms with Crippen molar-refractivity contribution in [1.29, 1.82) is 0 Å². The molecule has 4 aromatic carbocycles. The van der Waals surface area contributed by atoms with E-state index in [1.165, 1.54) is 24.0 Å². The minimum Gasteiger partial charge on any atom is -0.497 e. The van der Waals surface area contributed by atoms with Crippen LogP contribution >= 0.6 is 0 Å². The van der Waals surface area contributed by atoms with Gasteiger partial charge in [-0.3, -0.25) is 19.2 Å². The van der Waals surface area contributed by atoms with E-state index in [0.717, 1.165) is 28.0 Å². The fourth-order valence-electron chi connectivity index (χ4n) is 8.08. The van der Waals surface area contributed by atoms with Crippen molar-refractivity contribution in [3.63, 3.8) is 0 Å². The van der Waals surface area contributed by atoms with Crippen molar-refractivity contribution in [3.05, 3.63) is 119 Å². The number of likely N-dealkylation sites (N-methyl/N-ethyl adjacent to an activating group) is 1. The van der Waals surface area contributed by atoms with Crippen LogP contribution in [0.4, 0.5) is 11.4 Å². The molecule has 13 nitrogen and oxygen atoms in total. The lowest BCUT2D eigenvalue weighted by molar-refractivity contribution is -0.122. The van der Waals surface area contributed by atoms with E-state index in [0.29, 0.717) is 83.2 Å². The van der Waals surface area contributed by atoms with Gasteiger partial charge in [0.2, 0.25) is 5.91 Å². The molecule has 13 heteroatoms. The summed E-state index contributed by atoms with van der Waals surface area (Å²) in [6, 6.07) is 20.4. The summed E-state index contributed by atoms with van der Waals surface area (Å²) in [4.78, 5) is 59.9. The zero-order valence-corrected chi connectivity index (χ0v) is 33.9. The van der Waals surface area contributed by atoms with E-state index in [1.54, 1.807) is 67.9 Å². The van der Waals surface area contributed by atoms with Gasteiger partial charge in [-0.1, -0.05) is 36.4 Å². The summed E-state index contributed by atoms with van der Waals surface area (Å²) in [5.74, 6) is 1.44. The number of ether oxygens (including phenoxy) is 5. The zero-order chi connectivity index (χ0) is 42.1. The molecule has 308 valence electrons. The molecule has 0 fully saturated rings. The average molecular weight is 811 g/mol. The second kappa shape index (κ2) is 16.7. The van der Waals surface area contributed by atoms with Gasteiger partial charge in [0.25, 0.3) is 11.8 Å². The molecule has 4 aromatic rings. The van der Waals surface area contributed by atoms with E-state index in [-0.39, 0.29) is 36.7 Å². The van der Waals surface area contributed by atoms with E-state index in [4.69, 9.17) is 29.4 Å². The van der Waals surface area contributed by atoms with Gasteiger partial charge in [0.05, 0.1) is 57.4 Å². The Balaban J connectivity index is 0.959. The fraction of sp³-hybridized carbons (Fsp3) is 0.277. The van der Waals surface area contributed by atoms with Crippen LogP contribution < -0.4 is 34.3 Å². The summed E-state index contributed by atoms with van der Waals surface area (Å²) < 4.78 is 29.0. The number of nitrogen functional groups attached to an aromatic ring is 1. The standard InChI is InChI=1S/C47H46N4O9/c1-49-37-25-44(42(58-4)24-36(37)46(54)51-27-32(21-39(51)47(49)55)29-12-16-34(56-2)17-13-29)60-19-7-18-59-43-22-30-8-5-6-9-40(52)38-20-31(28-10-14-33(48)15-11-28)26-50(38)45(53)35(30)23-41(43)57-3/h5,8,10-17,22-27,38-39H,6-7,9,18-21,48H2,1-4H3. The maximum atomic E-state index is 14.2. The Kier molecular flexibility index (Phi) is 11.1. The van der Waals surface area contributed by atoms with E-state index in [1.807, 2.05) is 48.6 Å². The summed E-state index contributed by atoms with van der Waals surface area (Å²) in [5, 5.41) is 0. The first-order chi connectivity index (χ1) is 29.1. The highest BCUT2D eigenvalue weighted by molar-refractivity contribution is 6.13. The number of nitrogens with zero attached hydrogens (tertiary/aromatic N) is 3. The molecule has 0 spiro atoms. The van der Waals surface area contributed by atoms with Crippen molar-refractivity contribution < 1.29 is 42.9 Å². The Morgan fingerprint density at radius 1 is 0.667 bits per heavy atom. The number of hydrogen-bond acceptors (Lipinski definition) is 10. The molecule has 0 saturated carbocycles. The van der Waals surface area contributed by atoms with Crippen LogP contribution in [0.25, 0.3) is 17.2 Å². The molecule has 60 heavy (non-hydrogen) atoms. The average Bonchev–Trinajstić information content (AvgIpc) is 3.92. The fourth-order valence-corrected chi connectivity index (χ4v) is 8.08. The van der Waals surface area contributed by atoms with Crippen LogP contribution in [-0.4, -0.2) is 87.0 Å². The number of carbonyl (C=O) groups is 4. The smallest absolute Gasteiger partial charge is 0.260 e. The van der Waals surface area contributed by atoms with Gasteiger partial charge in [0.1, 0.15) is 11.8 Å². The van der Waals surface area contributed by atoms with Gasteiger partial charge in [0.15, 0.2) is 28.8 Å². The third-order valence-corrected chi connectivity index (χ3v) is 11.4. The number of allylic oxidation sites excluding steroid dienone is 1. The van der Waals surface area contributed by atoms with Crippen molar-refractivity contribution in [3.8, 4) is 28.7 Å². The molecule has 0 aliphatic carbocycles. The minimum atomic E-state index is -0.692. The van der Waals surface area contributed by atoms with Gasteiger partial charge < -0.3 is 44.1 Å². The summed E-state index contributed by atoms with van der Waals surface area (Å²) in [6.07, 6.45) is 9.35. The Bertz CT molecular complexity index is 2460. The van der Waals surface area contributed by atoms with Gasteiger partial charge in [-0.05, 0) is 76.7 Å². The highest BCUT2D eigenvalue weighted by Crippen LogP contribution is 2.42. The first-order valence-corrected chi connectivity index (χ1v) is 19.8. The van der Waals surface area contributed by atoms with E-state index in [2.05, 4.69) is 0 Å². The molecule has 4 heterocycles. The first kappa shape index (κ1) is 39.8. The summed E-state index contributed by atoms with van der Waals surface area (Å²) in [7, 11) is 6.27. The zero-order valence-electron chi connectivity index (χ0n) is 33.9. The van der Waals surface area contributed by atoms with Crippen LogP contribution in [0.2, 0.25) is 0 Å². The lowest BCUT2D eigenvalue weighted by atomic mass is 9.96. The monoisotopic (exact) mass is 810 g/mol. The van der Waals surface area contributed by atoms with Gasteiger partial charge >= 0.3 is 0 Å². The quantitative estimate of drug-likeness (QED) is 0.124. The number of methoxy groups -OCH3 is 3. The second-order valence-electron chi connectivity index (χ2n) is 15.0. The second-order valence-corrected chi connectivity index (χ2v) is 15.0. The molecule has 2 N–H and O–H groups in total. The Morgan fingerprint density at radius 2 is 1.23 bits per heavy atom. The van der Waals surface area contributed by atoms with Gasteiger partial charge in [-0.25, -0.2) is 0 Å². The van der Waals surface area contributed by atoms with Crippen molar-refractivity contribution >= 4 is 52.1 Å². The Hall–Kier alpha value is -7.02. The number of nitrogens with two attached hydrogens (primary N) is 1. The maximum Gasteiger partial charge on any atom is 0.260 e. The third kappa shape index (κ3) is 7.54. The van der Waals surface area contributed by atoms with Gasteiger partial charge in [-0.15, -0.1) is 0 Å². The molecule has 2 unspecified atom stereocenters. The molecule has 8 rings (SSSR count). The minimum absolute atomic E-state index is 0.00213. The van der Waals surface area contributed by atoms with Crippen molar-refractivity contribution in [2.45, 2.75) is 44.2 Å². The number of benzene rings is 4. The Morgan fingerprint density at radius 3 is 1.87 bits per heavy atom. The van der Waals surface area contributed by atoms with Crippen LogP contribution in [0, 0.1) is 0 Å². The Labute approximate surface area is 348 Å². The van der Waals surface area contributed by atoms with Crippen molar-refractivity contribution in [2.75, 3.05) is 52.2 Å². The van der Waals surface area contributed by atoms with E-state index < -0.39 is 12.1 Å². The lowest BCUT2D eigenvalue weighted by Gasteiger charge is -2.25. The normalized spacial score (nSPS) is 18.5. The number of carbonyl (C=O) groups excluding carboxylic acids is 4. The molecular weight excluding hydrogens is 765 g/mol. The largest absolute Gasteiger partial charge is 0.497 e. The molecule has 0 aromatic heterocycles. The van der Waals surface area contributed by atoms with Gasteiger partial charge in [-0.2, -0.15) is 0 Å². The van der Waals surface area contributed by atoms with E-state index in [9.17, 15) is 19.2 Å². The number of amides is 3. The van der Waals surface area contributed by atoms with E-state index >= 15 is 0 Å². The molecule has 2 atom stereocenters. The summed E-state index contributed by atoms with van der Waals surface area (Å²) >= 11 is 0. The van der Waals surface area contributed by atoms with Crippen molar-refractivity contribution in [1.82, 2.24) is 9.80 Å². The summed E-state index contributed by atoms with van der Waals surface area (Å²) in [5.41, 5.74) is 11.9. The number of ketones is 1. The number of rotatable bonds is 11. The predicted octanol–water partition coefficient (Wildman–Crippen LogP) is 7.01. The highest BCUT2D eigenvalue weighted by atomic mass is 16.5. The van der Waals surface area contributed by atoms with Crippen LogP contribution in [0.5, 0.6) is 28.7 Å². The molecule has 4 aliphatic heterocycles. The topological polar surface area (TPSA) is 150 Å². The van der Waals surface area contributed by atoms with Crippen molar-refractivity contribution in [2.24, 2.45) is 0 Å². The molecular formula is C47H46N4O9. The number of fused-ring (bicyclic) bond motifs is 4. The number of hydrogen-bond donors (Lipinski definition) is 1.